The van der Waals surface area contributed by atoms with Crippen molar-refractivity contribution in [1.29, 1.82) is 0 Å². The van der Waals surface area contributed by atoms with E-state index in [0.29, 0.717) is 5.39 Å². The number of carbonyl (C=O) groups excluding carboxylic acids is 1. The molecule has 0 unspecified atom stereocenters. The third-order valence-corrected chi connectivity index (χ3v) is 3.41. The van der Waals surface area contributed by atoms with Crippen LogP contribution in [0.15, 0.2) is 35.3 Å². The lowest BCUT2D eigenvalue weighted by Gasteiger charge is -2.25. The highest BCUT2D eigenvalue weighted by Gasteiger charge is 2.18. The van der Waals surface area contributed by atoms with Gasteiger partial charge in [0.2, 0.25) is 0 Å². The number of nitrogens with one attached hydrogen (secondary N) is 2. The highest BCUT2D eigenvalue weighted by Crippen LogP contribution is 2.24. The molecule has 19 heavy (non-hydrogen) atoms. The Morgan fingerprint density at radius 2 is 1.95 bits per heavy atom. The molecular weight excluding hydrogens is 242 g/mol. The summed E-state index contributed by atoms with van der Waals surface area (Å²) in [4.78, 5) is 27.8. The van der Waals surface area contributed by atoms with Gasteiger partial charge in [0.1, 0.15) is 0 Å². The number of carbonyl (C=O) groups is 1. The average Bonchev–Trinajstić information content (AvgIpc) is 2.45. The lowest BCUT2D eigenvalue weighted by Crippen LogP contribution is -2.36. The molecule has 0 spiro atoms. The molecule has 0 aliphatic heterocycles. The normalized spacial score (nSPS) is 12.2. The van der Waals surface area contributed by atoms with Gasteiger partial charge in [-0.15, -0.1) is 0 Å². The largest absolute Gasteiger partial charge is 0.341 e. The third-order valence-electron chi connectivity index (χ3n) is 3.41. The van der Waals surface area contributed by atoms with Crippen LogP contribution in [0.4, 0.5) is 4.79 Å². The number of pyridine rings is 1. The summed E-state index contributed by atoms with van der Waals surface area (Å²) in [6, 6.07) is 7.09. The maximum absolute atomic E-state index is 11.8. The first kappa shape index (κ1) is 13.1. The van der Waals surface area contributed by atoms with Crippen LogP contribution in [0.2, 0.25) is 0 Å². The maximum atomic E-state index is 11.8. The van der Waals surface area contributed by atoms with E-state index in [0.717, 1.165) is 10.9 Å². The number of hydrogen-bond acceptors (Lipinski definition) is 2. The molecule has 0 radical (unpaired) electrons. The lowest BCUT2D eigenvalue weighted by atomic mass is 10.0. The number of amides is 2. The first-order valence-electron chi connectivity index (χ1n) is 6.11. The molecule has 2 rings (SSSR count). The van der Waals surface area contributed by atoms with E-state index in [-0.39, 0.29) is 17.6 Å². The first-order chi connectivity index (χ1) is 9.06. The Bertz CT molecular complexity index is 663. The fourth-order valence-electron chi connectivity index (χ4n) is 2.14. The van der Waals surface area contributed by atoms with Crippen LogP contribution in [0.3, 0.4) is 0 Å². The minimum absolute atomic E-state index is 0.117. The Labute approximate surface area is 111 Å². The van der Waals surface area contributed by atoms with Gasteiger partial charge in [0, 0.05) is 25.7 Å². The van der Waals surface area contributed by atoms with Gasteiger partial charge in [0.25, 0.3) is 5.56 Å². The van der Waals surface area contributed by atoms with Crippen LogP contribution >= 0.6 is 0 Å². The highest BCUT2D eigenvalue weighted by molar-refractivity contribution is 5.85. The van der Waals surface area contributed by atoms with E-state index < -0.39 is 0 Å². The fraction of sp³-hybridized carbons (Fsp3) is 0.286. The van der Waals surface area contributed by atoms with Crippen LogP contribution in [0.25, 0.3) is 10.8 Å². The average molecular weight is 259 g/mol. The molecule has 2 N–H and O–H groups in total. The molecule has 1 aromatic heterocycles. The van der Waals surface area contributed by atoms with Crippen LogP contribution in [0.5, 0.6) is 0 Å². The van der Waals surface area contributed by atoms with Crippen LogP contribution in [-0.4, -0.2) is 30.0 Å². The van der Waals surface area contributed by atoms with Crippen LogP contribution < -0.4 is 10.9 Å². The molecule has 0 fully saturated rings. The summed E-state index contributed by atoms with van der Waals surface area (Å²) in [5.74, 6) is 0. The number of nitrogens with zero attached hydrogens (tertiary/aromatic N) is 1. The topological polar surface area (TPSA) is 65.2 Å². The maximum Gasteiger partial charge on any atom is 0.317 e. The predicted octanol–water partition coefficient (Wildman–Crippen LogP) is 1.86. The van der Waals surface area contributed by atoms with Gasteiger partial charge in [0.15, 0.2) is 0 Å². The number of rotatable bonds is 2. The number of aromatic nitrogens is 1. The molecule has 5 heteroatoms. The SMILES string of the molecule is CNC(=O)N(C)[C@H](C)c1c[nH]c(=O)c2ccccc12. The van der Waals surface area contributed by atoms with Crippen LogP contribution in [0.1, 0.15) is 18.5 Å². The van der Waals surface area contributed by atoms with E-state index in [1.165, 1.54) is 0 Å². The van der Waals surface area contributed by atoms with E-state index >= 15 is 0 Å². The van der Waals surface area contributed by atoms with Crippen molar-refractivity contribution in [3.8, 4) is 0 Å². The third kappa shape index (κ3) is 2.31. The van der Waals surface area contributed by atoms with E-state index in [4.69, 9.17) is 0 Å². The van der Waals surface area contributed by atoms with Gasteiger partial charge >= 0.3 is 6.03 Å². The van der Waals surface area contributed by atoms with Crippen molar-refractivity contribution in [3.05, 3.63) is 46.4 Å². The number of fused-ring (bicyclic) bond motifs is 1. The minimum atomic E-state index is -0.164. The number of benzene rings is 1. The summed E-state index contributed by atoms with van der Waals surface area (Å²) in [5, 5.41) is 4.10. The Morgan fingerprint density at radius 3 is 2.58 bits per heavy atom. The Hall–Kier alpha value is -2.30. The van der Waals surface area contributed by atoms with E-state index in [1.54, 1.807) is 31.3 Å². The van der Waals surface area contributed by atoms with Crippen LogP contribution in [-0.2, 0) is 0 Å². The van der Waals surface area contributed by atoms with E-state index in [9.17, 15) is 9.59 Å². The summed E-state index contributed by atoms with van der Waals surface area (Å²) < 4.78 is 0. The standard InChI is InChI=1S/C14H17N3O2/c1-9(17(3)14(19)15-2)12-8-16-13(18)11-7-5-4-6-10(11)12/h4-9H,1-3H3,(H,15,19)(H,16,18)/t9-/m1/s1. The fourth-order valence-corrected chi connectivity index (χ4v) is 2.14. The van der Waals surface area contributed by atoms with Crippen molar-refractivity contribution >= 4 is 16.8 Å². The monoisotopic (exact) mass is 259 g/mol. The van der Waals surface area contributed by atoms with Gasteiger partial charge in [-0.3, -0.25) is 4.79 Å². The Balaban J connectivity index is 2.54. The van der Waals surface area contributed by atoms with E-state index in [1.807, 2.05) is 25.1 Å². The zero-order valence-electron chi connectivity index (χ0n) is 11.2. The second-order valence-electron chi connectivity index (χ2n) is 4.46. The zero-order chi connectivity index (χ0) is 14.0. The van der Waals surface area contributed by atoms with Crippen molar-refractivity contribution in [1.82, 2.24) is 15.2 Å². The van der Waals surface area contributed by atoms with E-state index in [2.05, 4.69) is 10.3 Å². The molecule has 2 aromatic rings. The number of aromatic amines is 1. The Kier molecular flexibility index (Phi) is 3.55. The predicted molar refractivity (Wildman–Crippen MR) is 75.2 cm³/mol. The molecule has 1 aromatic carbocycles. The molecule has 0 aliphatic carbocycles. The molecular formula is C14H17N3O2. The summed E-state index contributed by atoms with van der Waals surface area (Å²) in [6.45, 7) is 1.93. The van der Waals surface area contributed by atoms with Gasteiger partial charge in [0.05, 0.1) is 6.04 Å². The van der Waals surface area contributed by atoms with Crippen LogP contribution in [0, 0.1) is 0 Å². The molecule has 0 saturated carbocycles. The summed E-state index contributed by atoms with van der Waals surface area (Å²) >= 11 is 0. The number of H-pyrrole nitrogens is 1. The smallest absolute Gasteiger partial charge is 0.317 e. The molecule has 0 bridgehead atoms. The van der Waals surface area contributed by atoms with Gasteiger partial charge in [-0.1, -0.05) is 18.2 Å². The lowest BCUT2D eigenvalue weighted by molar-refractivity contribution is 0.197. The molecule has 0 aliphatic rings. The second kappa shape index (κ2) is 5.14. The van der Waals surface area contributed by atoms with Gasteiger partial charge in [-0.2, -0.15) is 0 Å². The summed E-state index contributed by atoms with van der Waals surface area (Å²) in [6.07, 6.45) is 1.68. The first-order valence-corrected chi connectivity index (χ1v) is 6.11. The van der Waals surface area contributed by atoms with Crippen molar-refractivity contribution in [2.75, 3.05) is 14.1 Å². The highest BCUT2D eigenvalue weighted by atomic mass is 16.2. The molecule has 1 atom stereocenters. The van der Waals surface area contributed by atoms with Gasteiger partial charge in [-0.05, 0) is 23.9 Å². The second-order valence-corrected chi connectivity index (χ2v) is 4.46. The van der Waals surface area contributed by atoms with Crippen molar-refractivity contribution in [2.45, 2.75) is 13.0 Å². The molecule has 2 amide bonds. The molecule has 5 nitrogen and oxygen atoms in total. The minimum Gasteiger partial charge on any atom is -0.341 e. The quantitative estimate of drug-likeness (QED) is 0.864. The molecule has 1 heterocycles. The molecule has 0 saturated heterocycles. The van der Waals surface area contributed by atoms with Crippen molar-refractivity contribution < 1.29 is 4.79 Å². The van der Waals surface area contributed by atoms with Gasteiger partial charge in [-0.25, -0.2) is 4.79 Å². The Morgan fingerprint density at radius 1 is 1.32 bits per heavy atom. The summed E-state index contributed by atoms with van der Waals surface area (Å²) in [7, 11) is 3.32. The van der Waals surface area contributed by atoms with Crippen molar-refractivity contribution in [3.63, 3.8) is 0 Å². The van der Waals surface area contributed by atoms with Crippen molar-refractivity contribution in [2.24, 2.45) is 0 Å². The zero-order valence-corrected chi connectivity index (χ0v) is 11.2. The van der Waals surface area contributed by atoms with Gasteiger partial charge < -0.3 is 15.2 Å². The molecule has 100 valence electrons. The number of urea groups is 1. The number of hydrogen-bond donors (Lipinski definition) is 2. The summed E-state index contributed by atoms with van der Waals surface area (Å²) in [5.41, 5.74) is 0.801.